The summed E-state index contributed by atoms with van der Waals surface area (Å²) in [6, 6.07) is 16.4. The van der Waals surface area contributed by atoms with Gasteiger partial charge in [-0.05, 0) is 18.2 Å². The van der Waals surface area contributed by atoms with Gasteiger partial charge < -0.3 is 4.74 Å². The Morgan fingerprint density at radius 2 is 1.91 bits per heavy atom. The van der Waals surface area contributed by atoms with Crippen molar-refractivity contribution >= 4 is 38.3 Å². The van der Waals surface area contributed by atoms with E-state index in [2.05, 4.69) is 32.8 Å². The smallest absolute Gasteiger partial charge is 0.217 e. The monoisotopic (exact) mass is 327 g/mol. The summed E-state index contributed by atoms with van der Waals surface area (Å²) in [6.07, 6.45) is 0. The number of para-hydroxylation sites is 2. The molecule has 4 nitrogen and oxygen atoms in total. The highest BCUT2D eigenvalue weighted by atomic mass is 32.2. The Kier molecular flexibility index (Phi) is 3.48. The van der Waals surface area contributed by atoms with Gasteiger partial charge in [0.2, 0.25) is 4.96 Å². The summed E-state index contributed by atoms with van der Waals surface area (Å²) in [4.78, 5) is 0.934. The summed E-state index contributed by atoms with van der Waals surface area (Å²) in [5, 5.41) is 9.53. The summed E-state index contributed by atoms with van der Waals surface area (Å²) < 4.78 is 8.76. The van der Waals surface area contributed by atoms with Gasteiger partial charge in [0.1, 0.15) is 5.75 Å². The quantitative estimate of drug-likeness (QED) is 0.525. The number of ether oxygens (including phenoxy) is 1. The molecule has 0 unspecified atom stereocenters. The van der Waals surface area contributed by atoms with Crippen molar-refractivity contribution in [3.05, 3.63) is 54.1 Å². The van der Waals surface area contributed by atoms with E-state index in [4.69, 9.17) is 4.74 Å². The van der Waals surface area contributed by atoms with Crippen LogP contribution in [0.25, 0.3) is 15.2 Å². The first-order chi connectivity index (χ1) is 10.9. The summed E-state index contributed by atoms with van der Waals surface area (Å²) in [6.45, 7) is 0. The third kappa shape index (κ3) is 2.24. The maximum Gasteiger partial charge on any atom is 0.217 e. The van der Waals surface area contributed by atoms with Gasteiger partial charge in [-0.25, -0.2) is 0 Å². The zero-order valence-corrected chi connectivity index (χ0v) is 13.5. The van der Waals surface area contributed by atoms with Gasteiger partial charge in [0, 0.05) is 11.3 Å². The van der Waals surface area contributed by atoms with E-state index in [9.17, 15) is 0 Å². The summed E-state index contributed by atoms with van der Waals surface area (Å²) in [5.41, 5.74) is 2.32. The molecule has 0 N–H and O–H groups in total. The van der Waals surface area contributed by atoms with Crippen LogP contribution in [0.4, 0.5) is 0 Å². The van der Waals surface area contributed by atoms with Gasteiger partial charge in [-0.2, -0.15) is 0 Å². The normalized spacial score (nSPS) is 11.3. The Hall–Kier alpha value is -2.05. The minimum Gasteiger partial charge on any atom is -0.496 e. The number of nitrogens with zero attached hydrogens (tertiary/aromatic N) is 3. The molecule has 0 atom stereocenters. The van der Waals surface area contributed by atoms with E-state index in [0.29, 0.717) is 0 Å². The van der Waals surface area contributed by atoms with Crippen molar-refractivity contribution in [1.29, 1.82) is 0 Å². The van der Waals surface area contributed by atoms with Gasteiger partial charge in [-0.15, -0.1) is 10.2 Å². The predicted octanol–water partition coefficient (Wildman–Crippen LogP) is 4.24. The molecule has 0 aliphatic heterocycles. The molecule has 0 aliphatic carbocycles. The van der Waals surface area contributed by atoms with Gasteiger partial charge in [0.15, 0.2) is 5.16 Å². The SMILES string of the molecule is COc1ccccc1CSc1nnc2sc3ccccc3n12. The summed E-state index contributed by atoms with van der Waals surface area (Å²) in [5.74, 6) is 1.71. The van der Waals surface area contributed by atoms with E-state index in [0.717, 1.165) is 32.7 Å². The van der Waals surface area contributed by atoms with Gasteiger partial charge >= 0.3 is 0 Å². The minimum absolute atomic E-state index is 0.801. The number of fused-ring (bicyclic) bond motifs is 3. The fraction of sp³-hybridized carbons (Fsp3) is 0.125. The van der Waals surface area contributed by atoms with Crippen LogP contribution in [0, 0.1) is 0 Å². The maximum atomic E-state index is 5.40. The molecule has 4 aromatic rings. The standard InChI is InChI=1S/C16H13N3OS2/c1-20-13-8-4-2-6-11(13)10-21-15-17-18-16-19(15)12-7-3-5-9-14(12)22-16/h2-9H,10H2,1H3. The first kappa shape index (κ1) is 13.6. The number of hydrogen-bond donors (Lipinski definition) is 0. The first-order valence-corrected chi connectivity index (χ1v) is 8.64. The van der Waals surface area contributed by atoms with Crippen LogP contribution >= 0.6 is 23.1 Å². The van der Waals surface area contributed by atoms with Crippen molar-refractivity contribution in [1.82, 2.24) is 14.6 Å². The molecule has 6 heteroatoms. The summed E-state index contributed by atoms with van der Waals surface area (Å²) >= 11 is 3.34. The molecular weight excluding hydrogens is 314 g/mol. The Morgan fingerprint density at radius 3 is 2.82 bits per heavy atom. The topological polar surface area (TPSA) is 39.4 Å². The minimum atomic E-state index is 0.801. The highest BCUT2D eigenvalue weighted by Crippen LogP contribution is 2.32. The number of rotatable bonds is 4. The van der Waals surface area contributed by atoms with Crippen molar-refractivity contribution in [2.45, 2.75) is 10.9 Å². The number of aromatic nitrogens is 3. The molecule has 0 radical (unpaired) electrons. The van der Waals surface area contributed by atoms with Crippen LogP contribution in [-0.2, 0) is 5.75 Å². The highest BCUT2D eigenvalue weighted by Gasteiger charge is 2.13. The highest BCUT2D eigenvalue weighted by molar-refractivity contribution is 7.98. The molecule has 0 bridgehead atoms. The van der Waals surface area contributed by atoms with E-state index in [1.54, 1.807) is 30.2 Å². The molecule has 0 aliphatic rings. The van der Waals surface area contributed by atoms with Crippen LogP contribution in [0.1, 0.15) is 5.56 Å². The van der Waals surface area contributed by atoms with Gasteiger partial charge in [-0.1, -0.05) is 53.4 Å². The molecular formula is C16H13N3OS2. The fourth-order valence-electron chi connectivity index (χ4n) is 2.41. The number of benzene rings is 2. The van der Waals surface area contributed by atoms with Crippen LogP contribution in [0.15, 0.2) is 53.7 Å². The third-order valence-corrected chi connectivity index (χ3v) is 5.45. The van der Waals surface area contributed by atoms with Crippen molar-refractivity contribution in [3.8, 4) is 5.75 Å². The molecule has 2 heterocycles. The lowest BCUT2D eigenvalue weighted by Gasteiger charge is -2.06. The lowest BCUT2D eigenvalue weighted by atomic mass is 10.2. The molecule has 110 valence electrons. The van der Waals surface area contributed by atoms with Crippen molar-refractivity contribution in [2.24, 2.45) is 0 Å². The average molecular weight is 327 g/mol. The molecule has 0 saturated carbocycles. The van der Waals surface area contributed by atoms with Gasteiger partial charge in [0.25, 0.3) is 0 Å². The van der Waals surface area contributed by atoms with Crippen LogP contribution in [0.2, 0.25) is 0 Å². The van der Waals surface area contributed by atoms with Crippen LogP contribution in [0.5, 0.6) is 5.75 Å². The molecule has 0 saturated heterocycles. The molecule has 2 aromatic heterocycles. The second-order valence-corrected chi connectivity index (χ2v) is 6.72. The lowest BCUT2D eigenvalue weighted by Crippen LogP contribution is -1.91. The van der Waals surface area contributed by atoms with Crippen molar-refractivity contribution in [2.75, 3.05) is 7.11 Å². The lowest BCUT2D eigenvalue weighted by molar-refractivity contribution is 0.411. The summed E-state index contributed by atoms with van der Waals surface area (Å²) in [7, 11) is 1.70. The average Bonchev–Trinajstić information content (AvgIpc) is 3.12. The van der Waals surface area contributed by atoms with Crippen LogP contribution in [-0.4, -0.2) is 21.7 Å². The van der Waals surface area contributed by atoms with Crippen molar-refractivity contribution < 1.29 is 4.74 Å². The molecule has 0 amide bonds. The van der Waals surface area contributed by atoms with Gasteiger partial charge in [0.05, 0.1) is 17.3 Å². The second kappa shape index (κ2) is 5.62. The first-order valence-electron chi connectivity index (χ1n) is 6.84. The largest absolute Gasteiger partial charge is 0.496 e. The Bertz CT molecular complexity index is 945. The number of hydrogen-bond acceptors (Lipinski definition) is 5. The van der Waals surface area contributed by atoms with E-state index in [1.165, 1.54) is 4.70 Å². The van der Waals surface area contributed by atoms with Crippen LogP contribution in [0.3, 0.4) is 0 Å². The fourth-order valence-corrected chi connectivity index (χ4v) is 4.37. The Balaban J connectivity index is 1.70. The van der Waals surface area contributed by atoms with Crippen LogP contribution < -0.4 is 4.74 Å². The molecule has 4 rings (SSSR count). The van der Waals surface area contributed by atoms with E-state index < -0.39 is 0 Å². The van der Waals surface area contributed by atoms with Gasteiger partial charge in [-0.3, -0.25) is 4.40 Å². The molecule has 0 fully saturated rings. The second-order valence-electron chi connectivity index (χ2n) is 4.77. The molecule has 2 aromatic carbocycles. The Labute approximate surface area is 135 Å². The number of methoxy groups -OCH3 is 1. The third-order valence-electron chi connectivity index (χ3n) is 3.46. The van der Waals surface area contributed by atoms with Crippen molar-refractivity contribution in [3.63, 3.8) is 0 Å². The molecule has 0 spiro atoms. The van der Waals surface area contributed by atoms with E-state index >= 15 is 0 Å². The Morgan fingerprint density at radius 1 is 1.09 bits per heavy atom. The maximum absolute atomic E-state index is 5.40. The zero-order chi connectivity index (χ0) is 14.9. The van der Waals surface area contributed by atoms with E-state index in [-0.39, 0.29) is 0 Å². The molecule has 22 heavy (non-hydrogen) atoms. The zero-order valence-electron chi connectivity index (χ0n) is 11.9. The predicted molar refractivity (Wildman–Crippen MR) is 90.9 cm³/mol. The van der Waals surface area contributed by atoms with E-state index in [1.807, 2.05) is 30.3 Å². The number of thioether (sulfide) groups is 1. The number of thiazole rings is 1.